The van der Waals surface area contributed by atoms with Crippen LogP contribution in [0.15, 0.2) is 0 Å². The quantitative estimate of drug-likeness (QED) is 0.736. The first-order valence-electron chi connectivity index (χ1n) is 6.53. The van der Waals surface area contributed by atoms with E-state index in [9.17, 15) is 4.79 Å². The van der Waals surface area contributed by atoms with Gasteiger partial charge >= 0.3 is 6.09 Å². The predicted octanol–water partition coefficient (Wildman–Crippen LogP) is 1.90. The molecule has 1 amide bonds. The Bertz CT molecular complexity index is 305. The standard InChI is InChI=1S/C13H24N2O2/c1-9-10(7-14-8-13(9)5-6-13)15-11(16)17-12(2,3)4/h9-10,14H,5-8H2,1-4H3,(H,15,16). The Morgan fingerprint density at radius 1 is 1.41 bits per heavy atom. The Morgan fingerprint density at radius 3 is 2.59 bits per heavy atom. The summed E-state index contributed by atoms with van der Waals surface area (Å²) in [6, 6.07) is 0.195. The van der Waals surface area contributed by atoms with Crippen LogP contribution in [-0.2, 0) is 4.74 Å². The number of amides is 1. The van der Waals surface area contributed by atoms with Crippen LogP contribution < -0.4 is 10.6 Å². The molecule has 17 heavy (non-hydrogen) atoms. The van der Waals surface area contributed by atoms with Gasteiger partial charge in [0, 0.05) is 19.1 Å². The fraction of sp³-hybridized carbons (Fsp3) is 0.923. The number of ether oxygens (including phenoxy) is 1. The van der Waals surface area contributed by atoms with Crippen molar-refractivity contribution in [3.05, 3.63) is 0 Å². The van der Waals surface area contributed by atoms with E-state index in [1.165, 1.54) is 12.8 Å². The van der Waals surface area contributed by atoms with Crippen molar-refractivity contribution < 1.29 is 9.53 Å². The summed E-state index contributed by atoms with van der Waals surface area (Å²) >= 11 is 0. The lowest BCUT2D eigenvalue weighted by atomic mass is 9.81. The molecule has 2 unspecified atom stereocenters. The fourth-order valence-electron chi connectivity index (χ4n) is 2.67. The van der Waals surface area contributed by atoms with Crippen LogP contribution in [0.1, 0.15) is 40.5 Å². The summed E-state index contributed by atoms with van der Waals surface area (Å²) in [7, 11) is 0. The zero-order chi connectivity index (χ0) is 12.7. The van der Waals surface area contributed by atoms with E-state index < -0.39 is 5.60 Å². The van der Waals surface area contributed by atoms with Crippen molar-refractivity contribution in [1.82, 2.24) is 10.6 Å². The van der Waals surface area contributed by atoms with Gasteiger partial charge in [-0.15, -0.1) is 0 Å². The first-order chi connectivity index (χ1) is 7.82. The van der Waals surface area contributed by atoms with E-state index in [4.69, 9.17) is 4.74 Å². The van der Waals surface area contributed by atoms with Crippen molar-refractivity contribution in [2.24, 2.45) is 11.3 Å². The Labute approximate surface area is 103 Å². The van der Waals surface area contributed by atoms with Crippen molar-refractivity contribution >= 4 is 6.09 Å². The van der Waals surface area contributed by atoms with Gasteiger partial charge in [-0.25, -0.2) is 4.79 Å². The molecule has 0 aromatic carbocycles. The molecule has 2 aliphatic rings. The molecule has 2 rings (SSSR count). The molecular formula is C13H24N2O2. The summed E-state index contributed by atoms with van der Waals surface area (Å²) in [5.74, 6) is 0.538. The number of rotatable bonds is 1. The number of carbonyl (C=O) groups excluding carboxylic acids is 1. The van der Waals surface area contributed by atoms with Crippen molar-refractivity contribution in [2.75, 3.05) is 13.1 Å². The second-order valence-corrected chi connectivity index (χ2v) is 6.53. The smallest absolute Gasteiger partial charge is 0.407 e. The molecule has 2 atom stereocenters. The Kier molecular flexibility index (Phi) is 3.10. The second-order valence-electron chi connectivity index (χ2n) is 6.53. The van der Waals surface area contributed by atoms with Crippen LogP contribution in [0.2, 0.25) is 0 Å². The van der Waals surface area contributed by atoms with Crippen LogP contribution in [0.5, 0.6) is 0 Å². The minimum absolute atomic E-state index is 0.195. The maximum atomic E-state index is 11.7. The Morgan fingerprint density at radius 2 is 2.06 bits per heavy atom. The van der Waals surface area contributed by atoms with E-state index in [2.05, 4.69) is 17.6 Å². The second kappa shape index (κ2) is 4.16. The molecule has 0 bridgehead atoms. The molecule has 98 valence electrons. The highest BCUT2D eigenvalue weighted by molar-refractivity contribution is 5.68. The first-order valence-corrected chi connectivity index (χ1v) is 6.53. The lowest BCUT2D eigenvalue weighted by molar-refractivity contribution is 0.0453. The average molecular weight is 240 g/mol. The van der Waals surface area contributed by atoms with Crippen LogP contribution in [0.4, 0.5) is 4.79 Å². The molecule has 0 aromatic rings. The van der Waals surface area contributed by atoms with Crippen LogP contribution in [0, 0.1) is 11.3 Å². The van der Waals surface area contributed by atoms with Gasteiger partial charge in [0.25, 0.3) is 0 Å². The van der Waals surface area contributed by atoms with Gasteiger partial charge in [-0.05, 0) is 44.9 Å². The van der Waals surface area contributed by atoms with E-state index in [-0.39, 0.29) is 12.1 Å². The summed E-state index contributed by atoms with van der Waals surface area (Å²) < 4.78 is 5.30. The summed E-state index contributed by atoms with van der Waals surface area (Å²) in [5, 5.41) is 6.41. The maximum absolute atomic E-state index is 11.7. The van der Waals surface area contributed by atoms with Crippen molar-refractivity contribution in [2.45, 2.75) is 52.2 Å². The lowest BCUT2D eigenvalue weighted by Crippen LogP contribution is -2.55. The van der Waals surface area contributed by atoms with Gasteiger partial charge in [0.1, 0.15) is 5.60 Å². The number of carbonyl (C=O) groups is 1. The van der Waals surface area contributed by atoms with Gasteiger partial charge in [0.15, 0.2) is 0 Å². The fourth-order valence-corrected chi connectivity index (χ4v) is 2.67. The van der Waals surface area contributed by atoms with Crippen molar-refractivity contribution in [3.63, 3.8) is 0 Å². The Hall–Kier alpha value is -0.770. The first kappa shape index (κ1) is 12.7. The molecule has 1 saturated carbocycles. The zero-order valence-electron chi connectivity index (χ0n) is 11.3. The molecule has 4 nitrogen and oxygen atoms in total. The molecule has 1 saturated heterocycles. The number of hydrogen-bond acceptors (Lipinski definition) is 3. The highest BCUT2D eigenvalue weighted by atomic mass is 16.6. The van der Waals surface area contributed by atoms with Gasteiger partial charge in [0.2, 0.25) is 0 Å². The van der Waals surface area contributed by atoms with Crippen LogP contribution >= 0.6 is 0 Å². The largest absolute Gasteiger partial charge is 0.444 e. The molecule has 2 N–H and O–H groups in total. The highest BCUT2D eigenvalue weighted by Crippen LogP contribution is 2.53. The van der Waals surface area contributed by atoms with Crippen LogP contribution in [0.3, 0.4) is 0 Å². The monoisotopic (exact) mass is 240 g/mol. The number of alkyl carbamates (subject to hydrolysis) is 1. The van der Waals surface area contributed by atoms with Gasteiger partial charge in [-0.1, -0.05) is 6.92 Å². The normalized spacial score (nSPS) is 31.1. The minimum atomic E-state index is -0.424. The molecule has 1 heterocycles. The Balaban J connectivity index is 1.88. The van der Waals surface area contributed by atoms with E-state index in [0.717, 1.165) is 13.1 Å². The summed E-state index contributed by atoms with van der Waals surface area (Å²) in [6.45, 7) is 9.85. The maximum Gasteiger partial charge on any atom is 0.407 e. The molecule has 4 heteroatoms. The zero-order valence-corrected chi connectivity index (χ0v) is 11.3. The van der Waals surface area contributed by atoms with Gasteiger partial charge in [-0.2, -0.15) is 0 Å². The minimum Gasteiger partial charge on any atom is -0.444 e. The van der Waals surface area contributed by atoms with Crippen LogP contribution in [-0.4, -0.2) is 30.8 Å². The van der Waals surface area contributed by atoms with Gasteiger partial charge in [0.05, 0.1) is 0 Å². The summed E-state index contributed by atoms with van der Waals surface area (Å²) in [6.07, 6.45) is 2.27. The molecule has 0 aromatic heterocycles. The molecule has 2 fully saturated rings. The predicted molar refractivity (Wildman–Crippen MR) is 66.9 cm³/mol. The lowest BCUT2D eigenvalue weighted by Gasteiger charge is -2.37. The summed E-state index contributed by atoms with van der Waals surface area (Å²) in [5.41, 5.74) is 0.0185. The number of hydrogen-bond donors (Lipinski definition) is 2. The van der Waals surface area contributed by atoms with E-state index in [1.54, 1.807) is 0 Å². The molecular weight excluding hydrogens is 216 g/mol. The molecule has 0 radical (unpaired) electrons. The number of nitrogens with one attached hydrogen (secondary N) is 2. The van der Waals surface area contributed by atoms with Gasteiger partial charge < -0.3 is 15.4 Å². The van der Waals surface area contributed by atoms with Gasteiger partial charge in [-0.3, -0.25) is 0 Å². The molecule has 1 aliphatic carbocycles. The number of piperidine rings is 1. The van der Waals surface area contributed by atoms with E-state index in [1.807, 2.05) is 20.8 Å². The summed E-state index contributed by atoms with van der Waals surface area (Å²) in [4.78, 5) is 11.7. The third-order valence-corrected chi connectivity index (χ3v) is 4.01. The van der Waals surface area contributed by atoms with Crippen LogP contribution in [0.25, 0.3) is 0 Å². The topological polar surface area (TPSA) is 50.4 Å². The van der Waals surface area contributed by atoms with Crippen molar-refractivity contribution in [3.8, 4) is 0 Å². The SMILES string of the molecule is CC1C(NC(=O)OC(C)(C)C)CNCC12CC2. The molecule has 1 aliphatic heterocycles. The third kappa shape index (κ3) is 2.92. The highest BCUT2D eigenvalue weighted by Gasteiger charge is 2.51. The van der Waals surface area contributed by atoms with E-state index in [0.29, 0.717) is 11.3 Å². The van der Waals surface area contributed by atoms with E-state index >= 15 is 0 Å². The molecule has 1 spiro atoms. The van der Waals surface area contributed by atoms with Crippen molar-refractivity contribution in [1.29, 1.82) is 0 Å². The third-order valence-electron chi connectivity index (χ3n) is 4.01. The average Bonchev–Trinajstić information content (AvgIpc) is 2.91.